The van der Waals surface area contributed by atoms with Gasteiger partial charge in [-0.3, -0.25) is 9.98 Å². The molecule has 10 aliphatic heterocycles. The maximum Gasteiger partial charge on any atom is 0.0857 e. The van der Waals surface area contributed by atoms with E-state index in [1.54, 1.807) is 0 Å². The predicted molar refractivity (Wildman–Crippen MR) is 292 cm³/mol. The van der Waals surface area contributed by atoms with Gasteiger partial charge in [-0.25, -0.2) is 0 Å². The van der Waals surface area contributed by atoms with Crippen LogP contribution in [-0.2, 0) is 26.2 Å². The Labute approximate surface area is 425 Å². The van der Waals surface area contributed by atoms with E-state index >= 15 is 0 Å². The van der Waals surface area contributed by atoms with E-state index in [4.69, 9.17) is 9.98 Å². The molecule has 6 aromatic carbocycles. The summed E-state index contributed by atoms with van der Waals surface area (Å²) in [7, 11) is 0. The number of aliphatic imine (C=N–C) groups is 2. The van der Waals surface area contributed by atoms with E-state index < -0.39 is 0 Å². The number of rotatable bonds is 0. The standard InChI is InChI=1S/C60H68N12/c1-2-8-56-55(7-1)61-37-43-13-25-49(26-14-43)67-69-51-29-17-45(18-30-51)39-63-57-9-3-4-10-58(57)65-41-47-21-33-53(34-22-47)71-72-54-35-23-48(24-36-54)42-66-60-12-6-5-11-59(60)64-40-46-19-31-52(32-20-46)70-68-50-27-15-44(16-28-50)38-62-56/h13-37,39,55-60,62,64-66H,1-12,38,40-42H2/t55-,56-,57+,58+,59-,60-/m0/s1. The summed E-state index contributed by atoms with van der Waals surface area (Å²) in [4.78, 5) is 10.2. The Kier molecular flexibility index (Phi) is 17.1. The van der Waals surface area contributed by atoms with Crippen LogP contribution in [0.2, 0.25) is 0 Å². The third-order valence-electron chi connectivity index (χ3n) is 14.7. The maximum atomic E-state index is 5.08. The second-order valence-electron chi connectivity index (χ2n) is 19.9. The van der Waals surface area contributed by atoms with E-state index in [1.807, 2.05) is 61.0 Å². The quantitative estimate of drug-likeness (QED) is 0.120. The highest BCUT2D eigenvalue weighted by Crippen LogP contribution is 2.27. The zero-order chi connectivity index (χ0) is 48.6. The fraction of sp³-hybridized carbons (Fsp3) is 0.367. The first-order valence-corrected chi connectivity index (χ1v) is 26.4. The summed E-state index contributed by atoms with van der Waals surface area (Å²) in [5.41, 5.74) is 12.0. The molecule has 0 radical (unpaired) electrons. The SMILES string of the molecule is C1=N[C@H]2CCCC[C@@H]2NCc2ccc(cc2)N=Nc2ccc(cc2)CN[C@H]2CCCC[C@@H]2NCc2ccc(cc2)N=Nc2ccc(cc2)CN[C@@H]2CCCC[C@H]2N=Cc2ccc(cc2)N=Nc2ccc1cc2. The van der Waals surface area contributed by atoms with Gasteiger partial charge in [0.1, 0.15) is 0 Å². The van der Waals surface area contributed by atoms with Gasteiger partial charge in [0.2, 0.25) is 0 Å². The van der Waals surface area contributed by atoms with Crippen LogP contribution in [0, 0.1) is 0 Å². The molecule has 0 saturated heterocycles. The smallest absolute Gasteiger partial charge is 0.0857 e. The zero-order valence-electron chi connectivity index (χ0n) is 41.4. The van der Waals surface area contributed by atoms with Gasteiger partial charge in [-0.2, -0.15) is 30.7 Å². The summed E-state index contributed by atoms with van der Waals surface area (Å²) in [5.74, 6) is 0. The summed E-state index contributed by atoms with van der Waals surface area (Å²) < 4.78 is 0. The van der Waals surface area contributed by atoms with Gasteiger partial charge >= 0.3 is 0 Å². The molecular weight excluding hydrogens is 889 g/mol. The van der Waals surface area contributed by atoms with Crippen molar-refractivity contribution in [3.63, 3.8) is 0 Å². The minimum absolute atomic E-state index is 0.234. The molecule has 13 aliphatic rings. The molecule has 0 aromatic heterocycles. The number of nitrogens with zero attached hydrogens (tertiary/aromatic N) is 8. The Morgan fingerprint density at radius 3 is 0.792 bits per heavy atom. The molecule has 12 bridgehead atoms. The minimum Gasteiger partial charge on any atom is -0.308 e. The van der Waals surface area contributed by atoms with E-state index in [0.717, 1.165) is 97.1 Å². The lowest BCUT2D eigenvalue weighted by Crippen LogP contribution is -2.49. The number of azo groups is 3. The summed E-state index contributed by atoms with van der Waals surface area (Å²) in [6, 6.07) is 51.9. The lowest BCUT2D eigenvalue weighted by Gasteiger charge is -2.33. The van der Waals surface area contributed by atoms with Gasteiger partial charge < -0.3 is 21.3 Å². The third kappa shape index (κ3) is 14.3. The fourth-order valence-corrected chi connectivity index (χ4v) is 10.4. The van der Waals surface area contributed by atoms with E-state index in [1.165, 1.54) is 73.6 Å². The lowest BCUT2D eigenvalue weighted by atomic mass is 9.90. The molecule has 6 atom stereocenters. The number of benzene rings is 6. The Balaban J connectivity index is 0.804. The van der Waals surface area contributed by atoms with Gasteiger partial charge in [-0.05, 0) is 145 Å². The topological polar surface area (TPSA) is 147 Å². The van der Waals surface area contributed by atoms with Crippen LogP contribution >= 0.6 is 0 Å². The second-order valence-corrected chi connectivity index (χ2v) is 19.9. The average Bonchev–Trinajstić information content (AvgIpc) is 3.44. The third-order valence-corrected chi connectivity index (χ3v) is 14.7. The predicted octanol–water partition coefficient (Wildman–Crippen LogP) is 14.5. The zero-order valence-corrected chi connectivity index (χ0v) is 41.4. The molecule has 368 valence electrons. The second kappa shape index (κ2) is 25.1. The van der Waals surface area contributed by atoms with Crippen LogP contribution in [0.25, 0.3) is 0 Å². The molecule has 3 fully saturated rings. The Morgan fingerprint density at radius 2 is 0.500 bits per heavy atom. The average molecular weight is 957 g/mol. The molecular formula is C60H68N12. The van der Waals surface area contributed by atoms with Gasteiger partial charge in [0, 0.05) is 62.8 Å². The van der Waals surface area contributed by atoms with Crippen LogP contribution in [-0.4, -0.2) is 48.7 Å². The van der Waals surface area contributed by atoms with Crippen molar-refractivity contribution in [1.82, 2.24) is 21.3 Å². The molecule has 12 nitrogen and oxygen atoms in total. The normalized spacial score (nSPS) is 23.6. The van der Waals surface area contributed by atoms with Crippen molar-refractivity contribution in [2.75, 3.05) is 0 Å². The fourth-order valence-electron chi connectivity index (χ4n) is 10.4. The van der Waals surface area contributed by atoms with Crippen molar-refractivity contribution in [2.24, 2.45) is 40.7 Å². The van der Waals surface area contributed by atoms with Crippen molar-refractivity contribution in [3.05, 3.63) is 179 Å². The minimum atomic E-state index is 0.234. The lowest BCUT2D eigenvalue weighted by molar-refractivity contribution is 0.281. The Hall–Kier alpha value is -6.70. The highest BCUT2D eigenvalue weighted by Gasteiger charge is 2.26. The van der Waals surface area contributed by atoms with Crippen LogP contribution in [0.5, 0.6) is 0 Å². The van der Waals surface area contributed by atoms with Crippen LogP contribution in [0.1, 0.15) is 110 Å². The molecule has 6 aromatic rings. The molecule has 12 heteroatoms. The monoisotopic (exact) mass is 957 g/mol. The van der Waals surface area contributed by atoms with E-state index in [2.05, 4.69) is 149 Å². The Bertz CT molecular complexity index is 2570. The molecule has 3 aliphatic carbocycles. The van der Waals surface area contributed by atoms with E-state index in [0.29, 0.717) is 24.2 Å². The molecule has 0 amide bonds. The van der Waals surface area contributed by atoms with Crippen molar-refractivity contribution in [1.29, 1.82) is 0 Å². The van der Waals surface area contributed by atoms with Crippen LogP contribution in [0.15, 0.2) is 186 Å². The largest absolute Gasteiger partial charge is 0.308 e. The number of hydrogen-bond acceptors (Lipinski definition) is 12. The summed E-state index contributed by atoms with van der Waals surface area (Å²) in [6.45, 7) is 3.20. The van der Waals surface area contributed by atoms with Gasteiger partial charge in [0.05, 0.1) is 46.2 Å². The molecule has 4 N–H and O–H groups in total. The van der Waals surface area contributed by atoms with Crippen molar-refractivity contribution < 1.29 is 0 Å². The van der Waals surface area contributed by atoms with Crippen LogP contribution in [0.4, 0.5) is 34.1 Å². The number of nitrogens with one attached hydrogen (secondary N) is 4. The maximum absolute atomic E-state index is 5.08. The molecule has 3 saturated carbocycles. The molecule has 72 heavy (non-hydrogen) atoms. The van der Waals surface area contributed by atoms with Gasteiger partial charge in [0.25, 0.3) is 0 Å². The molecule has 10 heterocycles. The highest BCUT2D eigenvalue weighted by molar-refractivity contribution is 5.81. The summed E-state index contributed by atoms with van der Waals surface area (Å²) in [5, 5.41) is 42.6. The first-order valence-electron chi connectivity index (χ1n) is 26.4. The molecule has 0 unspecified atom stereocenters. The summed E-state index contributed by atoms with van der Waals surface area (Å²) >= 11 is 0. The first kappa shape index (κ1) is 48.9. The Morgan fingerprint density at radius 1 is 0.264 bits per heavy atom. The first-order chi connectivity index (χ1) is 35.6. The highest BCUT2D eigenvalue weighted by atomic mass is 15.1. The molecule has 0 spiro atoms. The van der Waals surface area contributed by atoms with Gasteiger partial charge in [-0.15, -0.1) is 0 Å². The number of hydrogen-bond donors (Lipinski definition) is 4. The van der Waals surface area contributed by atoms with E-state index in [-0.39, 0.29) is 12.1 Å². The molecule has 19 rings (SSSR count). The van der Waals surface area contributed by atoms with Crippen LogP contribution < -0.4 is 21.3 Å². The summed E-state index contributed by atoms with van der Waals surface area (Å²) in [6.07, 6.45) is 18.1. The van der Waals surface area contributed by atoms with Crippen LogP contribution in [0.3, 0.4) is 0 Å². The van der Waals surface area contributed by atoms with Gasteiger partial charge in [-0.1, -0.05) is 111 Å². The van der Waals surface area contributed by atoms with Crippen molar-refractivity contribution >= 4 is 46.6 Å². The van der Waals surface area contributed by atoms with E-state index in [9.17, 15) is 0 Å². The van der Waals surface area contributed by atoms with Crippen molar-refractivity contribution in [2.45, 2.75) is 139 Å². The van der Waals surface area contributed by atoms with Gasteiger partial charge in [0.15, 0.2) is 0 Å². The van der Waals surface area contributed by atoms with Crippen molar-refractivity contribution in [3.8, 4) is 0 Å².